The zero-order valence-corrected chi connectivity index (χ0v) is 22.0. The first-order chi connectivity index (χ1) is 16.2. The summed E-state index contributed by atoms with van der Waals surface area (Å²) in [6.07, 6.45) is 5.64. The Morgan fingerprint density at radius 3 is 2.65 bits per heavy atom. The van der Waals surface area contributed by atoms with Gasteiger partial charge in [-0.05, 0) is 55.6 Å². The zero-order chi connectivity index (χ0) is 25.0. The molecule has 2 aromatic heterocycles. The molecule has 0 radical (unpaired) electrons. The Balaban J connectivity index is 2.07. The molecular formula is C27H39ClN4O2. The Labute approximate surface area is 208 Å². The summed E-state index contributed by atoms with van der Waals surface area (Å²) in [5, 5.41) is 17.1. The van der Waals surface area contributed by atoms with Crippen molar-refractivity contribution in [3.8, 4) is 11.3 Å². The van der Waals surface area contributed by atoms with Gasteiger partial charge in [-0.1, -0.05) is 64.4 Å². The molecule has 1 fully saturated rings. The molecule has 0 bridgehead atoms. The monoisotopic (exact) mass is 486 g/mol. The Bertz CT molecular complexity index is 1030. The van der Waals surface area contributed by atoms with Gasteiger partial charge in [0.25, 0.3) is 0 Å². The molecule has 0 aliphatic heterocycles. The van der Waals surface area contributed by atoms with E-state index in [9.17, 15) is 5.11 Å². The summed E-state index contributed by atoms with van der Waals surface area (Å²) < 4.78 is 6.18. The van der Waals surface area contributed by atoms with E-state index in [1.54, 1.807) is 6.08 Å². The summed E-state index contributed by atoms with van der Waals surface area (Å²) in [6, 6.07) is 2.13. The van der Waals surface area contributed by atoms with Crippen molar-refractivity contribution in [2.45, 2.75) is 60.4 Å². The van der Waals surface area contributed by atoms with Gasteiger partial charge in [0.2, 0.25) is 5.95 Å². The van der Waals surface area contributed by atoms with Crippen molar-refractivity contribution >= 4 is 35.5 Å². The molecule has 34 heavy (non-hydrogen) atoms. The number of furan rings is 1. The third-order valence-corrected chi connectivity index (χ3v) is 7.31. The molecule has 2 aromatic rings. The van der Waals surface area contributed by atoms with Crippen LogP contribution in [0.25, 0.3) is 23.5 Å². The molecule has 0 saturated heterocycles. The molecule has 0 aromatic carbocycles. The number of hydrogen-bond donors (Lipinski definition) is 3. The summed E-state index contributed by atoms with van der Waals surface area (Å²) in [4.78, 5) is 9.34. The van der Waals surface area contributed by atoms with Gasteiger partial charge in [0.15, 0.2) is 0 Å². The molecule has 3 N–H and O–H groups in total. The molecule has 6 nitrogen and oxygen atoms in total. The van der Waals surface area contributed by atoms with Gasteiger partial charge >= 0.3 is 0 Å². The van der Waals surface area contributed by atoms with Crippen LogP contribution in [0, 0.1) is 23.7 Å². The number of nitrogens with zero attached hydrogens (tertiary/aromatic N) is 2. The maximum Gasteiger partial charge on any atom is 0.226 e. The number of aliphatic hydroxyl groups is 1. The van der Waals surface area contributed by atoms with Crippen LogP contribution >= 0.6 is 11.6 Å². The zero-order valence-electron chi connectivity index (χ0n) is 21.3. The van der Waals surface area contributed by atoms with Gasteiger partial charge in [-0.25, -0.2) is 4.98 Å². The molecule has 186 valence electrons. The molecule has 0 spiro atoms. The van der Waals surface area contributed by atoms with Crippen LogP contribution in [-0.4, -0.2) is 34.3 Å². The fraction of sp³-hybridized carbons (Fsp3) is 0.556. The quantitative estimate of drug-likeness (QED) is 0.314. The first kappa shape index (κ1) is 26.3. The maximum atomic E-state index is 9.82. The highest BCUT2D eigenvalue weighted by Crippen LogP contribution is 2.42. The maximum absolute atomic E-state index is 9.82. The van der Waals surface area contributed by atoms with E-state index in [4.69, 9.17) is 21.0 Å². The second kappa shape index (κ2) is 11.4. The van der Waals surface area contributed by atoms with Crippen molar-refractivity contribution in [2.75, 3.05) is 23.8 Å². The van der Waals surface area contributed by atoms with E-state index in [0.29, 0.717) is 51.8 Å². The molecular weight excluding hydrogens is 448 g/mol. The smallest absolute Gasteiger partial charge is 0.226 e. The molecule has 1 saturated carbocycles. The van der Waals surface area contributed by atoms with Crippen LogP contribution in [0.3, 0.4) is 0 Å². The second-order valence-electron chi connectivity index (χ2n) is 9.96. The number of nitrogens with one attached hydrogen (secondary N) is 2. The number of aromatic nitrogens is 2. The molecule has 0 amide bonds. The van der Waals surface area contributed by atoms with Gasteiger partial charge in [-0.2, -0.15) is 4.98 Å². The Morgan fingerprint density at radius 2 is 2.06 bits per heavy atom. The lowest BCUT2D eigenvalue weighted by Crippen LogP contribution is -2.25. The second-order valence-corrected chi connectivity index (χ2v) is 10.3. The van der Waals surface area contributed by atoms with Crippen molar-refractivity contribution in [3.63, 3.8) is 0 Å². The van der Waals surface area contributed by atoms with Crippen LogP contribution in [-0.2, 0) is 0 Å². The highest BCUT2D eigenvalue weighted by atomic mass is 35.5. The van der Waals surface area contributed by atoms with Gasteiger partial charge in [0.1, 0.15) is 22.5 Å². The van der Waals surface area contributed by atoms with Crippen molar-refractivity contribution in [3.05, 3.63) is 34.7 Å². The highest BCUT2D eigenvalue weighted by molar-refractivity contribution is 6.32. The first-order valence-corrected chi connectivity index (χ1v) is 12.7. The number of anilines is 2. The van der Waals surface area contributed by atoms with Crippen molar-refractivity contribution < 1.29 is 9.52 Å². The van der Waals surface area contributed by atoms with Gasteiger partial charge < -0.3 is 20.2 Å². The van der Waals surface area contributed by atoms with E-state index in [0.717, 1.165) is 24.9 Å². The molecule has 4 atom stereocenters. The SMILES string of the molecule is C=Cc1oc(-c2c(Cl)nc(NCC(C)C)nc2NC2CC(CO)C(C)C2C)cc1C=C(C)CC. The predicted molar refractivity (Wildman–Crippen MR) is 143 cm³/mol. The topological polar surface area (TPSA) is 83.2 Å². The molecule has 3 rings (SSSR count). The lowest BCUT2D eigenvalue weighted by Gasteiger charge is -2.22. The third kappa shape index (κ3) is 5.84. The summed E-state index contributed by atoms with van der Waals surface area (Å²) >= 11 is 6.76. The largest absolute Gasteiger partial charge is 0.456 e. The van der Waals surface area contributed by atoms with E-state index < -0.39 is 0 Å². The van der Waals surface area contributed by atoms with Gasteiger partial charge in [0, 0.05) is 24.8 Å². The van der Waals surface area contributed by atoms with Crippen LogP contribution in [0.2, 0.25) is 5.15 Å². The molecule has 1 aliphatic carbocycles. The lowest BCUT2D eigenvalue weighted by molar-refractivity contribution is 0.191. The van der Waals surface area contributed by atoms with Crippen molar-refractivity contribution in [2.24, 2.45) is 23.7 Å². The molecule has 1 aliphatic rings. The predicted octanol–water partition coefficient (Wildman–Crippen LogP) is 6.98. The number of rotatable bonds is 10. The Kier molecular flexibility index (Phi) is 8.83. The van der Waals surface area contributed by atoms with Crippen LogP contribution in [0.4, 0.5) is 11.8 Å². The van der Waals surface area contributed by atoms with Gasteiger partial charge in [-0.3, -0.25) is 0 Å². The third-order valence-electron chi connectivity index (χ3n) is 7.04. The number of hydrogen-bond acceptors (Lipinski definition) is 6. The number of halogens is 1. The average molecular weight is 487 g/mol. The summed E-state index contributed by atoms with van der Waals surface area (Å²) in [5.74, 6) is 3.90. The molecule has 4 unspecified atom stereocenters. The summed E-state index contributed by atoms with van der Waals surface area (Å²) in [7, 11) is 0. The Hall–Kier alpha value is -2.31. The van der Waals surface area contributed by atoms with E-state index in [2.05, 4.69) is 69.8 Å². The van der Waals surface area contributed by atoms with Crippen LogP contribution in [0.15, 0.2) is 22.6 Å². The fourth-order valence-electron chi connectivity index (χ4n) is 4.47. The minimum Gasteiger partial charge on any atom is -0.456 e. The standard InChI is InChI=1S/C27H39ClN4O2/c1-8-16(5)10-19-12-23(34-22(19)9-2)24-25(28)31-27(29-13-15(3)4)32-26(24)30-21-11-20(14-33)17(6)18(21)7/h9-10,12,15,17-18,20-21,33H,2,8,11,13-14H2,1,3-7H3,(H2,29,30,31,32). The average Bonchev–Trinajstić information content (AvgIpc) is 3.32. The van der Waals surface area contributed by atoms with Crippen molar-refractivity contribution in [1.29, 1.82) is 0 Å². The summed E-state index contributed by atoms with van der Waals surface area (Å²) in [5.41, 5.74) is 2.84. The van der Waals surface area contributed by atoms with E-state index in [-0.39, 0.29) is 18.6 Å². The fourth-order valence-corrected chi connectivity index (χ4v) is 4.73. The van der Waals surface area contributed by atoms with Crippen molar-refractivity contribution in [1.82, 2.24) is 9.97 Å². The summed E-state index contributed by atoms with van der Waals surface area (Å²) in [6.45, 7) is 17.7. The van der Waals surface area contributed by atoms with E-state index in [1.165, 1.54) is 5.57 Å². The van der Waals surface area contributed by atoms with E-state index >= 15 is 0 Å². The van der Waals surface area contributed by atoms with Crippen LogP contribution in [0.1, 0.15) is 65.7 Å². The highest BCUT2D eigenvalue weighted by Gasteiger charge is 2.38. The first-order valence-electron chi connectivity index (χ1n) is 12.3. The normalized spacial score (nSPS) is 22.9. The van der Waals surface area contributed by atoms with Crippen LogP contribution in [0.5, 0.6) is 0 Å². The molecule has 7 heteroatoms. The van der Waals surface area contributed by atoms with E-state index in [1.807, 2.05) is 6.07 Å². The van der Waals surface area contributed by atoms with Gasteiger partial charge in [-0.15, -0.1) is 0 Å². The number of allylic oxidation sites excluding steroid dienone is 1. The Morgan fingerprint density at radius 1 is 1.32 bits per heavy atom. The minimum atomic E-state index is 0.158. The van der Waals surface area contributed by atoms with Gasteiger partial charge in [0.05, 0.1) is 5.56 Å². The molecule has 2 heterocycles. The number of aliphatic hydroxyl groups excluding tert-OH is 1. The lowest BCUT2D eigenvalue weighted by atomic mass is 9.92. The van der Waals surface area contributed by atoms with Crippen LogP contribution < -0.4 is 10.6 Å². The minimum absolute atomic E-state index is 0.158.